The van der Waals surface area contributed by atoms with E-state index in [1.165, 1.54) is 11.3 Å². The molecule has 1 aliphatic rings. The number of benzene rings is 2. The number of carbonyl (C=O) groups is 3. The van der Waals surface area contributed by atoms with Crippen LogP contribution < -0.4 is 20.9 Å². The molecule has 1 atom stereocenters. The van der Waals surface area contributed by atoms with Crippen LogP contribution in [-0.2, 0) is 14.3 Å². The summed E-state index contributed by atoms with van der Waals surface area (Å²) in [6.45, 7) is 2.02. The molecule has 0 fully saturated rings. The van der Waals surface area contributed by atoms with Gasteiger partial charge in [-0.1, -0.05) is 23.5 Å². The van der Waals surface area contributed by atoms with Crippen LogP contribution in [0.4, 0.5) is 10.8 Å². The van der Waals surface area contributed by atoms with Crippen LogP contribution in [0.15, 0.2) is 48.5 Å². The van der Waals surface area contributed by atoms with Crippen LogP contribution in [0.25, 0.3) is 10.2 Å². The van der Waals surface area contributed by atoms with Crippen molar-refractivity contribution in [3.63, 3.8) is 0 Å². The first-order valence-electron chi connectivity index (χ1n) is 9.66. The van der Waals surface area contributed by atoms with Crippen molar-refractivity contribution < 1.29 is 24.1 Å². The highest BCUT2D eigenvalue weighted by Gasteiger charge is 2.31. The van der Waals surface area contributed by atoms with Gasteiger partial charge in [0.2, 0.25) is 0 Å². The lowest BCUT2D eigenvalue weighted by atomic mass is 10.1. The van der Waals surface area contributed by atoms with Crippen LogP contribution in [0.2, 0.25) is 0 Å². The van der Waals surface area contributed by atoms with Gasteiger partial charge >= 0.3 is 11.9 Å². The fraction of sp³-hybridized carbons (Fsp3) is 0.190. The average Bonchev–Trinajstić information content (AvgIpc) is 3.16. The number of ether oxygens (including phenoxy) is 1. The number of hydrogen-bond donors (Lipinski definition) is 4. The molecule has 4 rings (SSSR count). The molecule has 1 aromatic heterocycles. The number of anilines is 2. The van der Waals surface area contributed by atoms with Crippen LogP contribution >= 0.6 is 11.3 Å². The first kappa shape index (κ1) is 20.5. The van der Waals surface area contributed by atoms with Gasteiger partial charge in [-0.05, 0) is 43.3 Å². The molecular formula is C21H20N5O4S+. The van der Waals surface area contributed by atoms with E-state index < -0.39 is 12.0 Å². The van der Waals surface area contributed by atoms with Gasteiger partial charge in [-0.3, -0.25) is 14.6 Å². The summed E-state index contributed by atoms with van der Waals surface area (Å²) < 4.78 is 5.95. The standard InChI is InChI=1S/C21H19N5O4S/c1-2-30-19(29)12-7-9-13(10-8-12)22-18(28)15-11-17(27)25-20(23-15)26-21-24-14-5-3-4-6-16(14)31-21/h3-10,15H,2,11H2,1H3,(H,22,28)(H2,23,24,25,26,27)/p+1/t15-/m1/s1. The van der Waals surface area contributed by atoms with Crippen LogP contribution in [-0.4, -0.2) is 41.4 Å². The summed E-state index contributed by atoms with van der Waals surface area (Å²) in [6.07, 6.45) is -0.0161. The van der Waals surface area contributed by atoms with Gasteiger partial charge in [-0.15, -0.1) is 0 Å². The fourth-order valence-corrected chi connectivity index (χ4v) is 3.90. The van der Waals surface area contributed by atoms with Gasteiger partial charge in [0.25, 0.3) is 16.9 Å². The Morgan fingerprint density at radius 1 is 1.23 bits per heavy atom. The number of thiazole rings is 1. The fourth-order valence-electron chi connectivity index (χ4n) is 3.03. The van der Waals surface area contributed by atoms with E-state index in [4.69, 9.17) is 4.74 Å². The van der Waals surface area contributed by atoms with E-state index in [0.717, 1.165) is 10.2 Å². The Balaban J connectivity index is 1.44. The lowest BCUT2D eigenvalue weighted by Gasteiger charge is -2.16. The highest BCUT2D eigenvalue weighted by Crippen LogP contribution is 2.25. The molecule has 0 bridgehead atoms. The van der Waals surface area contributed by atoms with Crippen molar-refractivity contribution >= 4 is 56.1 Å². The average molecular weight is 438 g/mol. The number of esters is 1. The molecule has 0 radical (unpaired) electrons. The molecule has 2 aromatic carbocycles. The van der Waals surface area contributed by atoms with E-state index in [9.17, 15) is 14.4 Å². The molecular weight excluding hydrogens is 418 g/mol. The molecule has 2 amide bonds. The zero-order valence-corrected chi connectivity index (χ0v) is 17.4. The van der Waals surface area contributed by atoms with E-state index in [0.29, 0.717) is 22.3 Å². The Kier molecular flexibility index (Phi) is 5.89. The Hall–Kier alpha value is -3.79. The summed E-state index contributed by atoms with van der Waals surface area (Å²) >= 11 is 1.44. The SMILES string of the molecule is CCOC(=O)c1ccc(NC(=O)[C@H]2CC(=O)NC(Nc3nc4ccccc4s3)=[NH+]2)cc1. The summed E-state index contributed by atoms with van der Waals surface area (Å²) in [5, 5.41) is 9.06. The molecule has 158 valence electrons. The largest absolute Gasteiger partial charge is 0.462 e. The number of hydrogen-bond acceptors (Lipinski definition) is 7. The molecule has 0 saturated heterocycles. The first-order chi connectivity index (χ1) is 15.0. The zero-order chi connectivity index (χ0) is 21.8. The number of nitrogens with zero attached hydrogens (tertiary/aromatic N) is 1. The van der Waals surface area contributed by atoms with Gasteiger partial charge in [0.05, 0.1) is 28.8 Å². The third kappa shape index (κ3) is 4.86. The van der Waals surface area contributed by atoms with Crippen molar-refractivity contribution in [3.05, 3.63) is 54.1 Å². The smallest absolute Gasteiger partial charge is 0.358 e. The third-order valence-corrected chi connectivity index (χ3v) is 5.43. The Morgan fingerprint density at radius 2 is 2.00 bits per heavy atom. The number of para-hydroxylation sites is 1. The molecule has 9 nitrogen and oxygen atoms in total. The Morgan fingerprint density at radius 3 is 2.74 bits per heavy atom. The van der Waals surface area contributed by atoms with Crippen LogP contribution in [0.3, 0.4) is 0 Å². The van der Waals surface area contributed by atoms with Crippen LogP contribution in [0, 0.1) is 0 Å². The predicted molar refractivity (Wildman–Crippen MR) is 117 cm³/mol. The van der Waals surface area contributed by atoms with Gasteiger partial charge in [-0.2, -0.15) is 0 Å². The minimum absolute atomic E-state index is 0.0161. The second kappa shape index (κ2) is 8.92. The molecule has 3 aromatic rings. The van der Waals surface area contributed by atoms with Crippen molar-refractivity contribution in [1.82, 2.24) is 10.3 Å². The van der Waals surface area contributed by atoms with Crippen molar-refractivity contribution in [1.29, 1.82) is 0 Å². The number of guanidine groups is 1. The lowest BCUT2D eigenvalue weighted by molar-refractivity contribution is -0.490. The molecule has 0 unspecified atom stereocenters. The summed E-state index contributed by atoms with van der Waals surface area (Å²) in [5.41, 5.74) is 1.75. The topological polar surface area (TPSA) is 123 Å². The number of nitrogens with one attached hydrogen (secondary N) is 4. The second-order valence-electron chi connectivity index (χ2n) is 6.72. The number of amides is 2. The molecule has 1 aliphatic heterocycles. The van der Waals surface area contributed by atoms with Crippen LogP contribution in [0.1, 0.15) is 23.7 Å². The van der Waals surface area contributed by atoms with Gasteiger partial charge in [-0.25, -0.2) is 20.4 Å². The van der Waals surface area contributed by atoms with Crippen molar-refractivity contribution in [3.8, 4) is 0 Å². The van der Waals surface area contributed by atoms with Gasteiger partial charge < -0.3 is 10.1 Å². The molecule has 0 aliphatic carbocycles. The highest BCUT2D eigenvalue weighted by atomic mass is 32.1. The number of aromatic nitrogens is 1. The molecule has 31 heavy (non-hydrogen) atoms. The summed E-state index contributed by atoms with van der Waals surface area (Å²) in [6, 6.07) is 13.3. The van der Waals surface area contributed by atoms with Gasteiger partial charge in [0, 0.05) is 5.69 Å². The van der Waals surface area contributed by atoms with Crippen molar-refractivity contribution in [2.45, 2.75) is 19.4 Å². The molecule has 0 spiro atoms. The minimum atomic E-state index is -0.768. The summed E-state index contributed by atoms with van der Waals surface area (Å²) in [5.74, 6) is -0.790. The van der Waals surface area contributed by atoms with Crippen LogP contribution in [0.5, 0.6) is 0 Å². The molecule has 2 heterocycles. The van der Waals surface area contributed by atoms with E-state index >= 15 is 0 Å². The minimum Gasteiger partial charge on any atom is -0.462 e. The number of rotatable bonds is 5. The van der Waals surface area contributed by atoms with E-state index in [2.05, 4.69) is 25.9 Å². The van der Waals surface area contributed by atoms with Crippen molar-refractivity contribution in [2.75, 3.05) is 17.2 Å². The Labute approximate surface area is 181 Å². The lowest BCUT2D eigenvalue weighted by Crippen LogP contribution is -2.89. The number of carbonyl (C=O) groups excluding carboxylic acids is 3. The molecule has 4 N–H and O–H groups in total. The summed E-state index contributed by atoms with van der Waals surface area (Å²) in [4.78, 5) is 44.0. The van der Waals surface area contributed by atoms with Crippen molar-refractivity contribution in [2.24, 2.45) is 0 Å². The summed E-state index contributed by atoms with van der Waals surface area (Å²) in [7, 11) is 0. The second-order valence-corrected chi connectivity index (χ2v) is 7.75. The Bertz CT molecular complexity index is 1140. The first-order valence-corrected chi connectivity index (χ1v) is 10.5. The van der Waals surface area contributed by atoms with E-state index in [1.54, 1.807) is 31.2 Å². The third-order valence-electron chi connectivity index (χ3n) is 4.48. The van der Waals surface area contributed by atoms with Gasteiger partial charge in [0.1, 0.15) is 0 Å². The maximum atomic E-state index is 12.7. The number of fused-ring (bicyclic) bond motifs is 1. The predicted octanol–water partition coefficient (Wildman–Crippen LogP) is 0.849. The van der Waals surface area contributed by atoms with Gasteiger partial charge in [0.15, 0.2) is 6.04 Å². The zero-order valence-electron chi connectivity index (χ0n) is 16.6. The molecule has 0 saturated carbocycles. The maximum absolute atomic E-state index is 12.7. The van der Waals surface area contributed by atoms with E-state index in [-0.39, 0.29) is 24.8 Å². The highest BCUT2D eigenvalue weighted by molar-refractivity contribution is 7.22. The molecule has 10 heteroatoms. The normalized spacial score (nSPS) is 15.7. The van der Waals surface area contributed by atoms with E-state index in [1.807, 2.05) is 24.3 Å². The monoisotopic (exact) mass is 438 g/mol. The maximum Gasteiger partial charge on any atom is 0.358 e. The quantitative estimate of drug-likeness (QED) is 0.438.